The highest BCUT2D eigenvalue weighted by Gasteiger charge is 2.48. The van der Waals surface area contributed by atoms with Crippen LogP contribution in [0.3, 0.4) is 0 Å². The van der Waals surface area contributed by atoms with Crippen LogP contribution in [0.15, 0.2) is 60.2 Å². The monoisotopic (exact) mass is 394 g/mol. The Morgan fingerprint density at radius 3 is 2.61 bits per heavy atom. The first-order valence-corrected chi connectivity index (χ1v) is 9.53. The van der Waals surface area contributed by atoms with Crippen LogP contribution in [0.2, 0.25) is 5.02 Å². The summed E-state index contributed by atoms with van der Waals surface area (Å²) in [5.41, 5.74) is 2.41. The Balaban J connectivity index is 1.59. The standard InChI is InChI=1S/C22H19ClN2O3/c1-13-9-10-16-17(11-13)22(28)25(21(16)27)15-6-4-5-14(12-15)20(26)24-19-8-3-2-7-18(19)23/h2-9,12,16-17H,10-11H2,1H3,(H,24,26)/t16-,17+/m0/s1. The molecule has 5 nitrogen and oxygen atoms in total. The number of imide groups is 1. The summed E-state index contributed by atoms with van der Waals surface area (Å²) in [6.45, 7) is 1.98. The third-order valence-electron chi connectivity index (χ3n) is 5.31. The molecule has 0 unspecified atom stereocenters. The van der Waals surface area contributed by atoms with E-state index in [0.717, 1.165) is 5.57 Å². The lowest BCUT2D eigenvalue weighted by Gasteiger charge is -2.18. The fraction of sp³-hybridized carbons (Fsp3) is 0.227. The number of rotatable bonds is 3. The molecule has 0 spiro atoms. The molecule has 142 valence electrons. The number of nitrogens with one attached hydrogen (secondary N) is 1. The summed E-state index contributed by atoms with van der Waals surface area (Å²) in [6.07, 6.45) is 3.23. The second kappa shape index (κ2) is 7.24. The van der Waals surface area contributed by atoms with Crippen LogP contribution < -0.4 is 10.2 Å². The van der Waals surface area contributed by atoms with E-state index in [1.54, 1.807) is 48.5 Å². The normalized spacial score (nSPS) is 21.4. The Hall–Kier alpha value is -2.92. The first kappa shape index (κ1) is 18.4. The molecular weight excluding hydrogens is 376 g/mol. The minimum Gasteiger partial charge on any atom is -0.321 e. The molecule has 1 saturated heterocycles. The minimum atomic E-state index is -0.357. The fourth-order valence-electron chi connectivity index (χ4n) is 3.84. The fourth-order valence-corrected chi connectivity index (χ4v) is 4.02. The summed E-state index contributed by atoms with van der Waals surface area (Å²) in [5, 5.41) is 3.19. The Morgan fingerprint density at radius 1 is 1.07 bits per heavy atom. The van der Waals surface area contributed by atoms with Gasteiger partial charge in [-0.1, -0.05) is 41.4 Å². The van der Waals surface area contributed by atoms with E-state index in [-0.39, 0.29) is 29.6 Å². The first-order chi connectivity index (χ1) is 13.5. The molecule has 2 aromatic carbocycles. The second-order valence-electron chi connectivity index (χ2n) is 7.20. The van der Waals surface area contributed by atoms with Crippen molar-refractivity contribution in [2.45, 2.75) is 19.8 Å². The molecule has 1 N–H and O–H groups in total. The van der Waals surface area contributed by atoms with Gasteiger partial charge >= 0.3 is 0 Å². The molecule has 2 atom stereocenters. The zero-order chi connectivity index (χ0) is 19.8. The van der Waals surface area contributed by atoms with Crippen LogP contribution in [-0.4, -0.2) is 17.7 Å². The van der Waals surface area contributed by atoms with Gasteiger partial charge in [0.05, 0.1) is 28.2 Å². The number of amides is 3. The van der Waals surface area contributed by atoms with Crippen molar-refractivity contribution in [3.8, 4) is 0 Å². The van der Waals surface area contributed by atoms with Gasteiger partial charge in [-0.3, -0.25) is 19.3 Å². The SMILES string of the molecule is CC1=CC[C@@H]2C(=O)N(c3cccc(C(=O)Nc4ccccc4Cl)c3)C(=O)[C@@H]2C1. The van der Waals surface area contributed by atoms with E-state index in [1.807, 2.05) is 13.0 Å². The predicted octanol–water partition coefficient (Wildman–Crippen LogP) is 4.44. The Kier molecular flexibility index (Phi) is 4.77. The van der Waals surface area contributed by atoms with Crippen LogP contribution in [0.5, 0.6) is 0 Å². The molecule has 0 aromatic heterocycles. The molecule has 0 radical (unpaired) electrons. The van der Waals surface area contributed by atoms with E-state index < -0.39 is 0 Å². The van der Waals surface area contributed by atoms with Crippen molar-refractivity contribution in [3.05, 3.63) is 70.8 Å². The number of hydrogen-bond acceptors (Lipinski definition) is 3. The number of hydrogen-bond donors (Lipinski definition) is 1. The smallest absolute Gasteiger partial charge is 0.255 e. The average Bonchev–Trinajstić information content (AvgIpc) is 2.93. The van der Waals surface area contributed by atoms with Gasteiger partial charge in [-0.2, -0.15) is 0 Å². The maximum absolute atomic E-state index is 12.9. The van der Waals surface area contributed by atoms with Crippen molar-refractivity contribution >= 4 is 40.7 Å². The average molecular weight is 395 g/mol. The molecule has 3 amide bonds. The lowest BCUT2D eigenvalue weighted by Crippen LogP contribution is -2.31. The van der Waals surface area contributed by atoms with Crippen molar-refractivity contribution < 1.29 is 14.4 Å². The van der Waals surface area contributed by atoms with Crippen LogP contribution in [0.25, 0.3) is 0 Å². The molecule has 0 saturated carbocycles. The Labute approximate surface area is 168 Å². The number of nitrogens with zero attached hydrogens (tertiary/aromatic N) is 1. The lowest BCUT2D eigenvalue weighted by molar-refractivity contribution is -0.122. The highest BCUT2D eigenvalue weighted by molar-refractivity contribution is 6.34. The second-order valence-corrected chi connectivity index (χ2v) is 7.61. The highest BCUT2D eigenvalue weighted by Crippen LogP contribution is 2.39. The number of allylic oxidation sites excluding steroid dienone is 2. The van der Waals surface area contributed by atoms with Gasteiger partial charge in [0.25, 0.3) is 5.91 Å². The molecule has 6 heteroatoms. The molecule has 2 aromatic rings. The molecule has 2 aliphatic rings. The molecule has 1 fully saturated rings. The molecule has 0 bridgehead atoms. The van der Waals surface area contributed by atoms with Crippen molar-refractivity contribution in [1.29, 1.82) is 0 Å². The van der Waals surface area contributed by atoms with Gasteiger partial charge in [0, 0.05) is 5.56 Å². The quantitative estimate of drug-likeness (QED) is 0.618. The van der Waals surface area contributed by atoms with Gasteiger partial charge in [0.2, 0.25) is 11.8 Å². The molecule has 1 aliphatic carbocycles. The van der Waals surface area contributed by atoms with Gasteiger partial charge in [0.15, 0.2) is 0 Å². The summed E-state index contributed by atoms with van der Waals surface area (Å²) in [6, 6.07) is 13.5. The molecule has 28 heavy (non-hydrogen) atoms. The largest absolute Gasteiger partial charge is 0.321 e. The van der Waals surface area contributed by atoms with E-state index in [0.29, 0.717) is 34.8 Å². The van der Waals surface area contributed by atoms with Crippen molar-refractivity contribution in [2.75, 3.05) is 10.2 Å². The molecule has 1 heterocycles. The number of para-hydroxylation sites is 1. The number of carbonyl (C=O) groups is 3. The number of anilines is 2. The summed E-state index contributed by atoms with van der Waals surface area (Å²) in [4.78, 5) is 39.6. The Bertz CT molecular complexity index is 1010. The van der Waals surface area contributed by atoms with Gasteiger partial charge in [0.1, 0.15) is 0 Å². The number of halogens is 1. The van der Waals surface area contributed by atoms with Gasteiger partial charge in [-0.15, -0.1) is 0 Å². The minimum absolute atomic E-state index is 0.189. The van der Waals surface area contributed by atoms with Crippen molar-refractivity contribution in [1.82, 2.24) is 0 Å². The summed E-state index contributed by atoms with van der Waals surface area (Å²) < 4.78 is 0. The summed E-state index contributed by atoms with van der Waals surface area (Å²) >= 11 is 6.09. The van der Waals surface area contributed by atoms with Crippen LogP contribution >= 0.6 is 11.6 Å². The van der Waals surface area contributed by atoms with E-state index in [1.165, 1.54) is 4.90 Å². The van der Waals surface area contributed by atoms with Gasteiger partial charge in [-0.05, 0) is 50.1 Å². The number of fused-ring (bicyclic) bond motifs is 1. The lowest BCUT2D eigenvalue weighted by atomic mass is 9.82. The van der Waals surface area contributed by atoms with Crippen LogP contribution in [0.1, 0.15) is 30.1 Å². The third kappa shape index (κ3) is 3.22. The maximum Gasteiger partial charge on any atom is 0.255 e. The van der Waals surface area contributed by atoms with Crippen molar-refractivity contribution in [3.63, 3.8) is 0 Å². The number of benzene rings is 2. The van der Waals surface area contributed by atoms with E-state index in [4.69, 9.17) is 11.6 Å². The molecular formula is C22H19ClN2O3. The number of carbonyl (C=O) groups excluding carboxylic acids is 3. The summed E-state index contributed by atoms with van der Waals surface area (Å²) in [5.74, 6) is -1.35. The third-order valence-corrected chi connectivity index (χ3v) is 5.64. The first-order valence-electron chi connectivity index (χ1n) is 9.15. The summed E-state index contributed by atoms with van der Waals surface area (Å²) in [7, 11) is 0. The van der Waals surface area contributed by atoms with Crippen LogP contribution in [0.4, 0.5) is 11.4 Å². The van der Waals surface area contributed by atoms with Crippen LogP contribution in [0, 0.1) is 11.8 Å². The predicted molar refractivity (Wildman–Crippen MR) is 108 cm³/mol. The Morgan fingerprint density at radius 2 is 1.82 bits per heavy atom. The maximum atomic E-state index is 12.9. The highest BCUT2D eigenvalue weighted by atomic mass is 35.5. The van der Waals surface area contributed by atoms with Crippen LogP contribution in [-0.2, 0) is 9.59 Å². The zero-order valence-electron chi connectivity index (χ0n) is 15.3. The topological polar surface area (TPSA) is 66.5 Å². The zero-order valence-corrected chi connectivity index (χ0v) is 16.1. The van der Waals surface area contributed by atoms with E-state index in [9.17, 15) is 14.4 Å². The molecule has 4 rings (SSSR count). The van der Waals surface area contributed by atoms with Gasteiger partial charge < -0.3 is 5.32 Å². The van der Waals surface area contributed by atoms with Crippen molar-refractivity contribution in [2.24, 2.45) is 11.8 Å². The van der Waals surface area contributed by atoms with E-state index in [2.05, 4.69) is 5.32 Å². The molecule has 1 aliphatic heterocycles. The van der Waals surface area contributed by atoms with E-state index >= 15 is 0 Å². The van der Waals surface area contributed by atoms with Gasteiger partial charge in [-0.25, -0.2) is 0 Å².